The Hall–Kier alpha value is -0.970. The van der Waals surface area contributed by atoms with Crippen molar-refractivity contribution in [3.8, 4) is 0 Å². The summed E-state index contributed by atoms with van der Waals surface area (Å²) in [5.74, 6) is 0.260. The Morgan fingerprint density at radius 2 is 1.95 bits per heavy atom. The van der Waals surface area contributed by atoms with E-state index >= 15 is 0 Å². The molecule has 3 rings (SSSR count). The highest BCUT2D eigenvalue weighted by molar-refractivity contribution is 5.13. The Morgan fingerprint density at radius 1 is 1.14 bits per heavy atom. The Bertz CT molecular complexity index is 453. The van der Waals surface area contributed by atoms with E-state index in [1.807, 2.05) is 18.2 Å². The minimum atomic E-state index is -0.699. The fourth-order valence-electron chi connectivity index (χ4n) is 3.45. The standard InChI is InChI=1S/C18H25FO3/c19-15-7-9-16(21-12-13-4-2-1-3-5-13)14(10-15)6-8-17-18(11-20)22-17/h1-5,14-18,20H,6-12H2/t14?,15-,16?,17-,18-/m1/s1. The van der Waals surface area contributed by atoms with Crippen LogP contribution in [0.5, 0.6) is 0 Å². The van der Waals surface area contributed by atoms with Gasteiger partial charge in [-0.1, -0.05) is 30.3 Å². The van der Waals surface area contributed by atoms with Crippen LogP contribution in [0.2, 0.25) is 0 Å². The molecule has 1 N–H and O–H groups in total. The van der Waals surface area contributed by atoms with Gasteiger partial charge < -0.3 is 14.6 Å². The van der Waals surface area contributed by atoms with Crippen molar-refractivity contribution in [2.24, 2.45) is 5.92 Å². The van der Waals surface area contributed by atoms with Gasteiger partial charge in [-0.25, -0.2) is 4.39 Å². The second-order valence-corrected chi connectivity index (χ2v) is 6.48. The normalized spacial score (nSPS) is 34.5. The molecule has 0 bridgehead atoms. The molecule has 5 atom stereocenters. The van der Waals surface area contributed by atoms with E-state index in [0.717, 1.165) is 24.8 Å². The van der Waals surface area contributed by atoms with E-state index in [0.29, 0.717) is 19.4 Å². The largest absolute Gasteiger partial charge is 0.394 e. The highest BCUT2D eigenvalue weighted by atomic mass is 19.1. The van der Waals surface area contributed by atoms with E-state index in [1.54, 1.807) is 0 Å². The molecule has 1 aliphatic carbocycles. The zero-order chi connectivity index (χ0) is 15.4. The van der Waals surface area contributed by atoms with Gasteiger partial charge in [0.05, 0.1) is 25.4 Å². The number of alkyl halides is 1. The van der Waals surface area contributed by atoms with Gasteiger partial charge in [0, 0.05) is 0 Å². The second-order valence-electron chi connectivity index (χ2n) is 6.48. The molecule has 2 unspecified atom stereocenters. The first-order valence-electron chi connectivity index (χ1n) is 8.32. The van der Waals surface area contributed by atoms with Crippen molar-refractivity contribution >= 4 is 0 Å². The number of aliphatic hydroxyl groups excluding tert-OH is 1. The molecule has 1 saturated heterocycles. The maximum Gasteiger partial charge on any atom is 0.107 e. The van der Waals surface area contributed by atoms with Gasteiger partial charge in [0.1, 0.15) is 12.3 Å². The third kappa shape index (κ3) is 4.28. The molecule has 3 nitrogen and oxygen atoms in total. The number of epoxide rings is 1. The molecule has 2 aliphatic rings. The van der Waals surface area contributed by atoms with Crippen molar-refractivity contribution in [2.45, 2.75) is 63.2 Å². The quantitative estimate of drug-likeness (QED) is 0.786. The van der Waals surface area contributed by atoms with E-state index in [9.17, 15) is 4.39 Å². The number of halogens is 1. The molecule has 0 radical (unpaired) electrons. The van der Waals surface area contributed by atoms with Gasteiger partial charge in [-0.15, -0.1) is 0 Å². The molecule has 0 aromatic heterocycles. The van der Waals surface area contributed by atoms with E-state index in [2.05, 4.69) is 12.1 Å². The lowest BCUT2D eigenvalue weighted by atomic mass is 9.82. The lowest BCUT2D eigenvalue weighted by Gasteiger charge is -2.33. The molecule has 122 valence electrons. The number of aliphatic hydroxyl groups is 1. The molecule has 1 aromatic rings. The first-order valence-corrected chi connectivity index (χ1v) is 8.32. The number of rotatable bonds is 7. The summed E-state index contributed by atoms with van der Waals surface area (Å²) in [5.41, 5.74) is 1.16. The van der Waals surface area contributed by atoms with Crippen molar-refractivity contribution in [1.82, 2.24) is 0 Å². The van der Waals surface area contributed by atoms with Crippen LogP contribution in [-0.4, -0.2) is 36.2 Å². The lowest BCUT2D eigenvalue weighted by Crippen LogP contribution is -2.32. The van der Waals surface area contributed by atoms with Crippen LogP contribution in [0.4, 0.5) is 4.39 Å². The number of hydrogen-bond acceptors (Lipinski definition) is 3. The first kappa shape index (κ1) is 15.9. The minimum Gasteiger partial charge on any atom is -0.394 e. The van der Waals surface area contributed by atoms with Crippen LogP contribution in [0, 0.1) is 5.92 Å². The van der Waals surface area contributed by atoms with E-state index < -0.39 is 6.17 Å². The van der Waals surface area contributed by atoms with Crippen LogP contribution >= 0.6 is 0 Å². The Balaban J connectivity index is 1.48. The summed E-state index contributed by atoms with van der Waals surface area (Å²) in [7, 11) is 0. The monoisotopic (exact) mass is 308 g/mol. The molecule has 0 amide bonds. The van der Waals surface area contributed by atoms with Crippen LogP contribution in [0.1, 0.15) is 37.7 Å². The Labute approximate surface area is 131 Å². The molecular weight excluding hydrogens is 283 g/mol. The summed E-state index contributed by atoms with van der Waals surface area (Å²) in [6.07, 6.45) is 3.43. The van der Waals surface area contributed by atoms with Crippen LogP contribution in [-0.2, 0) is 16.1 Å². The second kappa shape index (κ2) is 7.53. The SMILES string of the molecule is OC[C@H]1O[C@@H]1CCC1C[C@H](F)CCC1OCc1ccccc1. The fourth-order valence-corrected chi connectivity index (χ4v) is 3.45. The maximum atomic E-state index is 13.7. The summed E-state index contributed by atoms with van der Waals surface area (Å²) in [4.78, 5) is 0. The van der Waals surface area contributed by atoms with Crippen LogP contribution in [0.15, 0.2) is 30.3 Å². The van der Waals surface area contributed by atoms with Crippen LogP contribution in [0.3, 0.4) is 0 Å². The van der Waals surface area contributed by atoms with Crippen molar-refractivity contribution < 1.29 is 19.0 Å². The molecule has 22 heavy (non-hydrogen) atoms. The van der Waals surface area contributed by atoms with Gasteiger partial charge in [0.15, 0.2) is 0 Å². The fraction of sp³-hybridized carbons (Fsp3) is 0.667. The first-order chi connectivity index (χ1) is 10.8. The molecule has 2 fully saturated rings. The topological polar surface area (TPSA) is 42.0 Å². The average Bonchev–Trinajstić information content (AvgIpc) is 3.31. The Morgan fingerprint density at radius 3 is 2.68 bits per heavy atom. The summed E-state index contributed by atoms with van der Waals surface area (Å²) in [6, 6.07) is 10.1. The van der Waals surface area contributed by atoms with Gasteiger partial charge in [0.25, 0.3) is 0 Å². The van der Waals surface area contributed by atoms with Crippen molar-refractivity contribution in [2.75, 3.05) is 6.61 Å². The van der Waals surface area contributed by atoms with E-state index in [1.165, 1.54) is 0 Å². The molecule has 4 heteroatoms. The molecule has 1 saturated carbocycles. The van der Waals surface area contributed by atoms with Gasteiger partial charge in [0.2, 0.25) is 0 Å². The number of hydrogen-bond donors (Lipinski definition) is 1. The predicted molar refractivity (Wildman–Crippen MR) is 82.2 cm³/mol. The molecule has 1 aromatic carbocycles. The smallest absolute Gasteiger partial charge is 0.107 e. The van der Waals surface area contributed by atoms with E-state index in [4.69, 9.17) is 14.6 Å². The molecule has 0 spiro atoms. The zero-order valence-electron chi connectivity index (χ0n) is 12.9. The highest BCUT2D eigenvalue weighted by Crippen LogP contribution is 2.36. The maximum absolute atomic E-state index is 13.7. The lowest BCUT2D eigenvalue weighted by molar-refractivity contribution is -0.0402. The highest BCUT2D eigenvalue weighted by Gasteiger charge is 2.39. The van der Waals surface area contributed by atoms with Gasteiger partial charge >= 0.3 is 0 Å². The van der Waals surface area contributed by atoms with Gasteiger partial charge in [-0.3, -0.25) is 0 Å². The predicted octanol–water partition coefficient (Wildman–Crippen LogP) is 3.25. The molecule has 1 aliphatic heterocycles. The third-order valence-electron chi connectivity index (χ3n) is 4.85. The summed E-state index contributed by atoms with van der Waals surface area (Å²) in [6.45, 7) is 0.688. The van der Waals surface area contributed by atoms with E-state index in [-0.39, 0.29) is 30.8 Å². The summed E-state index contributed by atoms with van der Waals surface area (Å²) >= 11 is 0. The third-order valence-corrected chi connectivity index (χ3v) is 4.85. The summed E-state index contributed by atoms with van der Waals surface area (Å²) < 4.78 is 25.2. The van der Waals surface area contributed by atoms with Crippen LogP contribution in [0.25, 0.3) is 0 Å². The molecular formula is C18H25FO3. The summed E-state index contributed by atoms with van der Waals surface area (Å²) in [5, 5.41) is 9.01. The van der Waals surface area contributed by atoms with Crippen LogP contribution < -0.4 is 0 Å². The van der Waals surface area contributed by atoms with Crippen molar-refractivity contribution in [3.63, 3.8) is 0 Å². The van der Waals surface area contributed by atoms with Crippen molar-refractivity contribution in [1.29, 1.82) is 0 Å². The van der Waals surface area contributed by atoms with Crippen molar-refractivity contribution in [3.05, 3.63) is 35.9 Å². The number of ether oxygens (including phenoxy) is 2. The Kier molecular flexibility index (Phi) is 5.45. The minimum absolute atomic E-state index is 0.00783. The number of benzene rings is 1. The van der Waals surface area contributed by atoms with Gasteiger partial charge in [-0.2, -0.15) is 0 Å². The average molecular weight is 308 g/mol. The zero-order valence-corrected chi connectivity index (χ0v) is 12.9. The van der Waals surface area contributed by atoms with Gasteiger partial charge in [-0.05, 0) is 43.6 Å². The molecule has 1 heterocycles.